The fraction of sp³-hybridized carbons (Fsp3) is 0.280. The molecule has 0 unspecified atom stereocenters. The topological polar surface area (TPSA) is 112 Å². The molecule has 3 aliphatic rings. The van der Waals surface area contributed by atoms with Gasteiger partial charge in [0.05, 0.1) is 34.4 Å². The van der Waals surface area contributed by atoms with Gasteiger partial charge in [0.2, 0.25) is 5.91 Å². The van der Waals surface area contributed by atoms with Gasteiger partial charge in [-0.05, 0) is 24.3 Å². The van der Waals surface area contributed by atoms with Crippen LogP contribution >= 0.6 is 23.2 Å². The van der Waals surface area contributed by atoms with Crippen LogP contribution in [0.4, 0.5) is 20.2 Å². The van der Waals surface area contributed by atoms with E-state index < -0.39 is 60.1 Å². The molecule has 8 nitrogen and oxygen atoms in total. The number of amides is 2. The highest BCUT2D eigenvalue weighted by Crippen LogP contribution is 2.61. The Morgan fingerprint density at radius 3 is 2.70 bits per heavy atom. The minimum Gasteiger partial charge on any atom is -0.481 e. The molecule has 0 saturated carbocycles. The molecule has 0 aliphatic carbocycles. The molecule has 2 aromatic carbocycles. The van der Waals surface area contributed by atoms with Gasteiger partial charge < -0.3 is 15.7 Å². The van der Waals surface area contributed by atoms with Crippen LogP contribution in [0, 0.1) is 11.8 Å². The minimum atomic E-state index is -3.26. The molecule has 4 heterocycles. The molecule has 37 heavy (non-hydrogen) atoms. The fourth-order valence-electron chi connectivity index (χ4n) is 6.22. The maximum atomic E-state index is 14.8. The highest BCUT2D eigenvalue weighted by Gasteiger charge is 2.74. The van der Waals surface area contributed by atoms with Crippen molar-refractivity contribution < 1.29 is 28.3 Å². The molecule has 0 radical (unpaired) electrons. The summed E-state index contributed by atoms with van der Waals surface area (Å²) in [6.07, 6.45) is 0.746. The average Bonchev–Trinajstić information content (AvgIpc) is 3.40. The number of carboxylic acid groups (broad SMARTS) is 1. The second kappa shape index (κ2) is 8.08. The van der Waals surface area contributed by atoms with Crippen LogP contribution in [-0.2, 0) is 19.9 Å². The van der Waals surface area contributed by atoms with Crippen molar-refractivity contribution in [2.45, 2.75) is 23.9 Å². The molecule has 0 bridgehead atoms. The molecule has 190 valence electrons. The van der Waals surface area contributed by atoms with E-state index in [1.54, 1.807) is 30.3 Å². The van der Waals surface area contributed by atoms with E-state index >= 15 is 0 Å². The largest absolute Gasteiger partial charge is 0.481 e. The molecule has 2 saturated heterocycles. The lowest BCUT2D eigenvalue weighted by Gasteiger charge is -2.35. The quantitative estimate of drug-likeness (QED) is 0.449. The number of carbonyl (C=O) groups excluding carboxylic acids is 2. The van der Waals surface area contributed by atoms with Crippen LogP contribution in [0.2, 0.25) is 10.0 Å². The molecule has 12 heteroatoms. The van der Waals surface area contributed by atoms with Crippen molar-refractivity contribution >= 4 is 63.3 Å². The highest BCUT2D eigenvalue weighted by atomic mass is 35.5. The SMILES string of the molecule is O=C(Nc1cccc2cccnc12)[C@H]1[C@H]2CC(F)(F)CN2[C@]2(C(=O)Nc3c(Cl)cc(Cl)cc32)[C@H]1C(=O)O. The van der Waals surface area contributed by atoms with Crippen LogP contribution in [0.3, 0.4) is 0 Å². The Morgan fingerprint density at radius 1 is 1.19 bits per heavy atom. The summed E-state index contributed by atoms with van der Waals surface area (Å²) in [5.41, 5.74) is -1.21. The summed E-state index contributed by atoms with van der Waals surface area (Å²) in [5, 5.41) is 16.5. The number of rotatable bonds is 3. The standard InChI is InChI=1S/C25H18Cl2F2N4O4/c26-12-7-13-20(14(27)8-12)32-23(37)25(13)18(22(35)36)17(16-9-24(28,29)10-33(16)25)21(34)31-15-5-1-3-11-4-2-6-30-19(11)15/h1-8,16-18H,9-10H2,(H,31,34)(H,32,37)(H,35,36)/t16-,17+,18-,25+/m1/s1. The number of carboxylic acids is 1. The smallest absolute Gasteiger partial charge is 0.310 e. The third-order valence-corrected chi connectivity index (χ3v) is 8.01. The Kier molecular flexibility index (Phi) is 5.24. The average molecular weight is 547 g/mol. The van der Waals surface area contributed by atoms with E-state index in [-0.39, 0.29) is 21.3 Å². The van der Waals surface area contributed by atoms with Crippen LogP contribution < -0.4 is 10.6 Å². The molecule has 1 spiro atoms. The van der Waals surface area contributed by atoms with Crippen molar-refractivity contribution in [3.63, 3.8) is 0 Å². The summed E-state index contributed by atoms with van der Waals surface area (Å²) in [5.74, 6) is -9.58. The van der Waals surface area contributed by atoms with E-state index in [0.717, 1.165) is 10.3 Å². The molecular formula is C25H18Cl2F2N4O4. The Balaban J connectivity index is 1.52. The minimum absolute atomic E-state index is 0.0362. The second-order valence-corrected chi connectivity index (χ2v) is 10.3. The van der Waals surface area contributed by atoms with Gasteiger partial charge in [-0.3, -0.25) is 24.3 Å². The molecule has 3 aliphatic heterocycles. The highest BCUT2D eigenvalue weighted by molar-refractivity contribution is 6.38. The molecule has 2 fully saturated rings. The monoisotopic (exact) mass is 546 g/mol. The number of hydrogen-bond acceptors (Lipinski definition) is 5. The predicted molar refractivity (Wildman–Crippen MR) is 132 cm³/mol. The molecule has 3 N–H and O–H groups in total. The van der Waals surface area contributed by atoms with Crippen LogP contribution in [0.5, 0.6) is 0 Å². The first-order valence-electron chi connectivity index (χ1n) is 11.4. The lowest BCUT2D eigenvalue weighted by molar-refractivity contribution is -0.153. The number of hydrogen-bond donors (Lipinski definition) is 3. The van der Waals surface area contributed by atoms with Gasteiger partial charge in [-0.2, -0.15) is 0 Å². The van der Waals surface area contributed by atoms with E-state index in [9.17, 15) is 28.3 Å². The van der Waals surface area contributed by atoms with E-state index in [2.05, 4.69) is 15.6 Å². The number of aromatic nitrogens is 1. The van der Waals surface area contributed by atoms with Crippen molar-refractivity contribution in [3.05, 3.63) is 64.3 Å². The number of benzene rings is 2. The van der Waals surface area contributed by atoms with Crippen molar-refractivity contribution in [2.24, 2.45) is 11.8 Å². The third kappa shape index (κ3) is 3.36. The van der Waals surface area contributed by atoms with Crippen molar-refractivity contribution in [1.29, 1.82) is 0 Å². The molecule has 3 aromatic rings. The second-order valence-electron chi connectivity index (χ2n) is 9.50. The molecule has 6 rings (SSSR count). The van der Waals surface area contributed by atoms with Crippen LogP contribution in [-0.4, -0.2) is 51.3 Å². The van der Waals surface area contributed by atoms with Gasteiger partial charge in [-0.1, -0.05) is 41.4 Å². The zero-order valence-electron chi connectivity index (χ0n) is 18.8. The Hall–Kier alpha value is -3.34. The number of nitrogens with zero attached hydrogens (tertiary/aromatic N) is 2. The predicted octanol–water partition coefficient (Wildman–Crippen LogP) is 4.37. The first-order chi connectivity index (χ1) is 17.5. The summed E-state index contributed by atoms with van der Waals surface area (Å²) in [7, 11) is 0. The molecule has 1 aromatic heterocycles. The number of halogens is 4. The Labute approximate surface area is 218 Å². The van der Waals surface area contributed by atoms with E-state index in [1.165, 1.54) is 18.3 Å². The lowest BCUT2D eigenvalue weighted by Crippen LogP contribution is -2.54. The Morgan fingerprint density at radius 2 is 1.95 bits per heavy atom. The van der Waals surface area contributed by atoms with Crippen molar-refractivity contribution in [1.82, 2.24) is 9.88 Å². The number of anilines is 2. The summed E-state index contributed by atoms with van der Waals surface area (Å²) >= 11 is 12.5. The van der Waals surface area contributed by atoms with Crippen LogP contribution in [0.15, 0.2) is 48.7 Å². The summed E-state index contributed by atoms with van der Waals surface area (Å²) in [6, 6.07) is 10.0. The van der Waals surface area contributed by atoms with Gasteiger partial charge in [-0.15, -0.1) is 0 Å². The summed E-state index contributed by atoms with van der Waals surface area (Å²) in [4.78, 5) is 45.6. The molecular weight excluding hydrogens is 529 g/mol. The number of para-hydroxylation sites is 1. The molecule has 4 atom stereocenters. The van der Waals surface area contributed by atoms with E-state index in [0.29, 0.717) is 11.2 Å². The maximum Gasteiger partial charge on any atom is 0.310 e. The lowest BCUT2D eigenvalue weighted by atomic mass is 9.73. The summed E-state index contributed by atoms with van der Waals surface area (Å²) in [6.45, 7) is -0.905. The van der Waals surface area contributed by atoms with Gasteiger partial charge in [0.15, 0.2) is 0 Å². The van der Waals surface area contributed by atoms with Crippen molar-refractivity contribution in [3.8, 4) is 0 Å². The van der Waals surface area contributed by atoms with Crippen molar-refractivity contribution in [2.75, 3.05) is 17.2 Å². The molecule has 2 amide bonds. The van der Waals surface area contributed by atoms with E-state index in [1.807, 2.05) is 0 Å². The van der Waals surface area contributed by atoms with E-state index in [4.69, 9.17) is 23.2 Å². The zero-order chi connectivity index (χ0) is 26.3. The van der Waals surface area contributed by atoms with Gasteiger partial charge >= 0.3 is 5.97 Å². The number of carbonyl (C=O) groups is 3. The fourth-order valence-corrected chi connectivity index (χ4v) is 6.76. The number of aliphatic carboxylic acids is 1. The third-order valence-electron chi connectivity index (χ3n) is 7.50. The zero-order valence-corrected chi connectivity index (χ0v) is 20.4. The van der Waals surface area contributed by atoms with Gasteiger partial charge in [0, 0.05) is 34.6 Å². The van der Waals surface area contributed by atoms with Gasteiger partial charge in [0.25, 0.3) is 11.8 Å². The van der Waals surface area contributed by atoms with Gasteiger partial charge in [0.1, 0.15) is 11.5 Å². The summed E-state index contributed by atoms with van der Waals surface area (Å²) < 4.78 is 29.7. The number of alkyl halides is 2. The normalized spacial score (nSPS) is 27.8. The Bertz CT molecular complexity index is 1510. The van der Waals surface area contributed by atoms with Crippen LogP contribution in [0.1, 0.15) is 12.0 Å². The first-order valence-corrected chi connectivity index (χ1v) is 12.1. The first kappa shape index (κ1) is 24.0. The maximum absolute atomic E-state index is 14.8. The number of fused-ring (bicyclic) bond motifs is 5. The number of pyridine rings is 1. The van der Waals surface area contributed by atoms with Gasteiger partial charge in [-0.25, -0.2) is 8.78 Å². The van der Waals surface area contributed by atoms with Crippen LogP contribution in [0.25, 0.3) is 10.9 Å². The number of nitrogens with one attached hydrogen (secondary N) is 2.